The predicted molar refractivity (Wildman–Crippen MR) is 75.6 cm³/mol. The van der Waals surface area contributed by atoms with Crippen molar-refractivity contribution in [2.24, 2.45) is 17.6 Å². The summed E-state index contributed by atoms with van der Waals surface area (Å²) in [4.78, 5) is 2.54. The average molecular weight is 254 g/mol. The monoisotopic (exact) mass is 254 g/mol. The van der Waals surface area contributed by atoms with Crippen molar-refractivity contribution >= 4 is 0 Å². The van der Waals surface area contributed by atoms with E-state index in [1.54, 1.807) is 0 Å². The van der Waals surface area contributed by atoms with Gasteiger partial charge in [0.15, 0.2) is 0 Å². The zero-order valence-electron chi connectivity index (χ0n) is 12.1. The lowest BCUT2D eigenvalue weighted by Gasteiger charge is -2.41. The van der Waals surface area contributed by atoms with E-state index >= 15 is 0 Å². The number of nitrogens with zero attached hydrogens (tertiary/aromatic N) is 1. The number of rotatable bonds is 5. The topological polar surface area (TPSA) is 38.5 Å². The van der Waals surface area contributed by atoms with E-state index in [9.17, 15) is 0 Å². The molecule has 0 bridgehead atoms. The van der Waals surface area contributed by atoms with Crippen LogP contribution in [0.3, 0.4) is 0 Å². The SMILES string of the molecule is CCC1CCC(CN)C(N(C)CC2CCCO2)C1. The molecule has 4 unspecified atom stereocenters. The maximum absolute atomic E-state index is 5.97. The van der Waals surface area contributed by atoms with E-state index in [4.69, 9.17) is 10.5 Å². The van der Waals surface area contributed by atoms with Crippen molar-refractivity contribution in [3.05, 3.63) is 0 Å². The summed E-state index contributed by atoms with van der Waals surface area (Å²) in [6.45, 7) is 5.22. The Morgan fingerprint density at radius 1 is 1.28 bits per heavy atom. The summed E-state index contributed by atoms with van der Waals surface area (Å²) in [6.07, 6.45) is 8.29. The molecule has 0 radical (unpaired) electrons. The normalized spacial score (nSPS) is 37.3. The molecule has 4 atom stereocenters. The largest absolute Gasteiger partial charge is 0.377 e. The summed E-state index contributed by atoms with van der Waals surface area (Å²) < 4.78 is 5.76. The van der Waals surface area contributed by atoms with Gasteiger partial charge in [-0.3, -0.25) is 0 Å². The van der Waals surface area contributed by atoms with Crippen LogP contribution in [-0.2, 0) is 4.74 Å². The van der Waals surface area contributed by atoms with Crippen LogP contribution in [0.5, 0.6) is 0 Å². The Balaban J connectivity index is 1.89. The van der Waals surface area contributed by atoms with Gasteiger partial charge in [-0.05, 0) is 51.1 Å². The van der Waals surface area contributed by atoms with Crippen LogP contribution in [0, 0.1) is 11.8 Å². The van der Waals surface area contributed by atoms with Crippen molar-refractivity contribution in [1.82, 2.24) is 4.90 Å². The lowest BCUT2D eigenvalue weighted by atomic mass is 9.76. The van der Waals surface area contributed by atoms with Crippen molar-refractivity contribution in [3.8, 4) is 0 Å². The molecule has 1 aliphatic carbocycles. The Morgan fingerprint density at radius 3 is 2.72 bits per heavy atom. The van der Waals surface area contributed by atoms with Crippen LogP contribution in [0.2, 0.25) is 0 Å². The van der Waals surface area contributed by atoms with Crippen molar-refractivity contribution in [2.45, 2.75) is 57.6 Å². The Hall–Kier alpha value is -0.120. The van der Waals surface area contributed by atoms with E-state index in [0.717, 1.165) is 25.6 Å². The third-order valence-electron chi connectivity index (χ3n) is 5.03. The molecule has 1 heterocycles. The van der Waals surface area contributed by atoms with Crippen molar-refractivity contribution < 1.29 is 4.74 Å². The predicted octanol–water partition coefficient (Wildman–Crippen LogP) is 2.25. The number of nitrogens with two attached hydrogens (primary N) is 1. The first-order valence-corrected chi connectivity index (χ1v) is 7.76. The van der Waals surface area contributed by atoms with Crippen LogP contribution in [0.15, 0.2) is 0 Å². The molecular weight excluding hydrogens is 224 g/mol. The molecule has 0 aromatic carbocycles. The first-order chi connectivity index (χ1) is 8.74. The molecule has 0 amide bonds. The van der Waals surface area contributed by atoms with E-state index in [0.29, 0.717) is 18.1 Å². The Bertz CT molecular complexity index is 241. The minimum Gasteiger partial charge on any atom is -0.377 e. The van der Waals surface area contributed by atoms with Crippen LogP contribution >= 0.6 is 0 Å². The third kappa shape index (κ3) is 3.46. The average Bonchev–Trinajstić information content (AvgIpc) is 2.90. The van der Waals surface area contributed by atoms with Gasteiger partial charge in [0.2, 0.25) is 0 Å². The molecule has 1 saturated heterocycles. The second-order valence-electron chi connectivity index (χ2n) is 6.23. The highest BCUT2D eigenvalue weighted by molar-refractivity contribution is 4.87. The molecule has 0 aromatic heterocycles. The van der Waals surface area contributed by atoms with Crippen LogP contribution in [0.4, 0.5) is 0 Å². The molecule has 3 heteroatoms. The van der Waals surface area contributed by atoms with Gasteiger partial charge in [-0.1, -0.05) is 19.8 Å². The summed E-state index contributed by atoms with van der Waals surface area (Å²) in [6, 6.07) is 0.679. The highest BCUT2D eigenvalue weighted by Crippen LogP contribution is 2.33. The molecule has 2 N–H and O–H groups in total. The molecular formula is C15H30N2O. The second kappa shape index (κ2) is 6.88. The molecule has 1 saturated carbocycles. The van der Waals surface area contributed by atoms with E-state index in [2.05, 4.69) is 18.9 Å². The summed E-state index contributed by atoms with van der Waals surface area (Å²) >= 11 is 0. The molecule has 1 aliphatic heterocycles. The van der Waals surface area contributed by atoms with Gasteiger partial charge in [-0.2, -0.15) is 0 Å². The van der Waals surface area contributed by atoms with Crippen LogP contribution < -0.4 is 5.73 Å². The number of ether oxygens (including phenoxy) is 1. The van der Waals surface area contributed by atoms with Crippen molar-refractivity contribution in [1.29, 1.82) is 0 Å². The minimum absolute atomic E-state index is 0.468. The lowest BCUT2D eigenvalue weighted by Crippen LogP contribution is -2.47. The Morgan fingerprint density at radius 2 is 2.11 bits per heavy atom. The first-order valence-electron chi connectivity index (χ1n) is 7.76. The molecule has 0 spiro atoms. The van der Waals surface area contributed by atoms with Crippen LogP contribution in [-0.4, -0.2) is 43.8 Å². The standard InChI is InChI=1S/C15H30N2O/c1-3-12-6-7-13(10-16)15(9-12)17(2)11-14-5-4-8-18-14/h12-15H,3-11,16H2,1-2H3. The van der Waals surface area contributed by atoms with Gasteiger partial charge in [-0.15, -0.1) is 0 Å². The molecule has 2 aliphatic rings. The van der Waals surface area contributed by atoms with Gasteiger partial charge >= 0.3 is 0 Å². The second-order valence-corrected chi connectivity index (χ2v) is 6.23. The van der Waals surface area contributed by atoms with Crippen LogP contribution in [0.1, 0.15) is 45.4 Å². The molecule has 106 valence electrons. The van der Waals surface area contributed by atoms with Crippen LogP contribution in [0.25, 0.3) is 0 Å². The molecule has 2 fully saturated rings. The van der Waals surface area contributed by atoms with Gasteiger partial charge < -0.3 is 15.4 Å². The van der Waals surface area contributed by atoms with E-state index in [-0.39, 0.29) is 0 Å². The number of hydrogen-bond acceptors (Lipinski definition) is 3. The fourth-order valence-electron chi connectivity index (χ4n) is 3.72. The quantitative estimate of drug-likeness (QED) is 0.818. The molecule has 18 heavy (non-hydrogen) atoms. The van der Waals surface area contributed by atoms with Crippen molar-refractivity contribution in [3.63, 3.8) is 0 Å². The maximum Gasteiger partial charge on any atom is 0.0702 e. The fourth-order valence-corrected chi connectivity index (χ4v) is 3.72. The maximum atomic E-state index is 5.97. The summed E-state index contributed by atoms with van der Waals surface area (Å²) in [5.41, 5.74) is 5.97. The summed E-state index contributed by atoms with van der Waals surface area (Å²) in [5, 5.41) is 0. The highest BCUT2D eigenvalue weighted by Gasteiger charge is 2.32. The Kier molecular flexibility index (Phi) is 5.46. The lowest BCUT2D eigenvalue weighted by molar-refractivity contribution is 0.0372. The van der Waals surface area contributed by atoms with E-state index in [1.807, 2.05) is 0 Å². The zero-order valence-corrected chi connectivity index (χ0v) is 12.1. The van der Waals surface area contributed by atoms with Gasteiger partial charge in [-0.25, -0.2) is 0 Å². The summed E-state index contributed by atoms with van der Waals surface area (Å²) in [5.74, 6) is 1.60. The van der Waals surface area contributed by atoms with Gasteiger partial charge in [0.05, 0.1) is 6.10 Å². The minimum atomic E-state index is 0.468. The third-order valence-corrected chi connectivity index (χ3v) is 5.03. The van der Waals surface area contributed by atoms with Gasteiger partial charge in [0.1, 0.15) is 0 Å². The van der Waals surface area contributed by atoms with Crippen molar-refractivity contribution in [2.75, 3.05) is 26.7 Å². The van der Waals surface area contributed by atoms with Gasteiger partial charge in [0.25, 0.3) is 0 Å². The Labute approximate surface area is 112 Å². The van der Waals surface area contributed by atoms with Gasteiger partial charge in [0, 0.05) is 19.2 Å². The smallest absolute Gasteiger partial charge is 0.0702 e. The fraction of sp³-hybridized carbons (Fsp3) is 1.00. The number of hydrogen-bond donors (Lipinski definition) is 1. The summed E-state index contributed by atoms with van der Waals surface area (Å²) in [7, 11) is 2.27. The molecule has 3 nitrogen and oxygen atoms in total. The van der Waals surface area contributed by atoms with E-state index in [1.165, 1.54) is 38.5 Å². The molecule has 2 rings (SSSR count). The highest BCUT2D eigenvalue weighted by atomic mass is 16.5. The zero-order chi connectivity index (χ0) is 13.0. The molecule has 0 aromatic rings. The number of likely N-dealkylation sites (N-methyl/N-ethyl adjacent to an activating group) is 1. The first kappa shape index (κ1) is 14.3. The van der Waals surface area contributed by atoms with E-state index < -0.39 is 0 Å².